The average molecular weight is 210 g/mol. The van der Waals surface area contributed by atoms with E-state index in [1.54, 1.807) is 12.1 Å². The average Bonchev–Trinajstić information content (AvgIpc) is 2.66. The Morgan fingerprint density at radius 1 is 1.33 bits per heavy atom. The fourth-order valence-corrected chi connectivity index (χ4v) is 1.93. The van der Waals surface area contributed by atoms with Gasteiger partial charge in [0.1, 0.15) is 11.5 Å². The smallest absolute Gasteiger partial charge is 0.122 e. The van der Waals surface area contributed by atoms with E-state index < -0.39 is 0 Å². The highest BCUT2D eigenvalue weighted by Crippen LogP contribution is 2.35. The first kappa shape index (κ1) is 10.3. The van der Waals surface area contributed by atoms with Crippen LogP contribution in [0.25, 0.3) is 0 Å². The van der Waals surface area contributed by atoms with Gasteiger partial charge < -0.3 is 20.1 Å². The Labute approximate surface area is 87.7 Å². The maximum Gasteiger partial charge on any atom is 0.122 e. The molecule has 1 heterocycles. The Hall–Kier alpha value is -1.26. The van der Waals surface area contributed by atoms with Crippen LogP contribution in [0, 0.1) is 0 Å². The van der Waals surface area contributed by atoms with Crippen LogP contribution in [-0.2, 0) is 4.74 Å². The second-order valence-corrected chi connectivity index (χ2v) is 3.81. The molecule has 0 unspecified atom stereocenters. The van der Waals surface area contributed by atoms with Gasteiger partial charge in [0, 0.05) is 12.0 Å². The van der Waals surface area contributed by atoms with Gasteiger partial charge in [0.2, 0.25) is 0 Å². The molecular weight excluding hydrogens is 196 g/mol. The van der Waals surface area contributed by atoms with Gasteiger partial charge in [0.25, 0.3) is 0 Å². The molecule has 1 aliphatic heterocycles. The van der Waals surface area contributed by atoms with Crippen LogP contribution in [0.4, 0.5) is 0 Å². The number of phenolic OH excluding ortho intramolecular Hbond substituents is 2. The highest BCUT2D eigenvalue weighted by molar-refractivity contribution is 5.41. The van der Waals surface area contributed by atoms with Crippen LogP contribution in [-0.4, -0.2) is 34.6 Å². The summed E-state index contributed by atoms with van der Waals surface area (Å²) < 4.78 is 5.33. The van der Waals surface area contributed by atoms with E-state index in [1.807, 2.05) is 0 Å². The maximum atomic E-state index is 9.63. The van der Waals surface area contributed by atoms with Crippen LogP contribution in [0.15, 0.2) is 18.2 Å². The summed E-state index contributed by atoms with van der Waals surface area (Å²) in [7, 11) is 0. The molecule has 0 saturated carbocycles. The normalized spacial score (nSPS) is 25.7. The molecule has 0 bridgehead atoms. The van der Waals surface area contributed by atoms with E-state index >= 15 is 0 Å². The van der Waals surface area contributed by atoms with Gasteiger partial charge >= 0.3 is 0 Å². The fraction of sp³-hybridized carbons (Fsp3) is 0.455. The molecular formula is C11H14O4. The van der Waals surface area contributed by atoms with E-state index in [9.17, 15) is 5.11 Å². The zero-order valence-electron chi connectivity index (χ0n) is 8.26. The molecule has 0 aromatic heterocycles. The number of hydrogen-bond acceptors (Lipinski definition) is 4. The minimum absolute atomic E-state index is 0.00927. The lowest BCUT2D eigenvalue weighted by Gasteiger charge is -2.10. The van der Waals surface area contributed by atoms with Crippen molar-refractivity contribution in [3.63, 3.8) is 0 Å². The van der Waals surface area contributed by atoms with Crippen molar-refractivity contribution >= 4 is 0 Å². The molecule has 0 aliphatic carbocycles. The van der Waals surface area contributed by atoms with Crippen molar-refractivity contribution in [2.24, 2.45) is 0 Å². The van der Waals surface area contributed by atoms with E-state index in [4.69, 9.17) is 14.9 Å². The number of aromatic hydroxyl groups is 2. The minimum atomic E-state index is -0.136. The topological polar surface area (TPSA) is 69.9 Å². The molecule has 1 aromatic rings. The van der Waals surface area contributed by atoms with Gasteiger partial charge in [-0.3, -0.25) is 0 Å². The van der Waals surface area contributed by atoms with Gasteiger partial charge in [-0.05, 0) is 18.1 Å². The van der Waals surface area contributed by atoms with Crippen LogP contribution < -0.4 is 0 Å². The van der Waals surface area contributed by atoms with E-state index in [1.165, 1.54) is 6.07 Å². The van der Waals surface area contributed by atoms with Crippen LogP contribution in [0.5, 0.6) is 11.5 Å². The Bertz CT molecular complexity index is 350. The predicted octanol–water partition coefficient (Wildman–Crippen LogP) is 0.963. The summed E-state index contributed by atoms with van der Waals surface area (Å²) in [5, 5.41) is 27.7. The SMILES string of the molecule is OC[C@@H]1C[C@H](c2ccc(O)cc2O)CO1. The lowest BCUT2D eigenvalue weighted by atomic mass is 9.95. The molecule has 3 N–H and O–H groups in total. The number of ether oxygens (including phenoxy) is 1. The summed E-state index contributed by atoms with van der Waals surface area (Å²) in [6.45, 7) is 0.513. The Balaban J connectivity index is 2.17. The van der Waals surface area contributed by atoms with E-state index in [0.29, 0.717) is 13.0 Å². The molecule has 2 atom stereocenters. The summed E-state index contributed by atoms with van der Waals surface area (Å²) in [5.74, 6) is 0.235. The number of benzene rings is 1. The van der Waals surface area contributed by atoms with Gasteiger partial charge in [-0.25, -0.2) is 0 Å². The fourth-order valence-electron chi connectivity index (χ4n) is 1.93. The van der Waals surface area contributed by atoms with Gasteiger partial charge in [-0.2, -0.15) is 0 Å². The van der Waals surface area contributed by atoms with Gasteiger partial charge in [-0.1, -0.05) is 6.07 Å². The molecule has 4 nitrogen and oxygen atoms in total. The molecule has 0 radical (unpaired) electrons. The highest BCUT2D eigenvalue weighted by Gasteiger charge is 2.27. The van der Waals surface area contributed by atoms with Gasteiger partial charge in [0.15, 0.2) is 0 Å². The number of hydrogen-bond donors (Lipinski definition) is 3. The Morgan fingerprint density at radius 3 is 2.73 bits per heavy atom. The number of rotatable bonds is 2. The zero-order chi connectivity index (χ0) is 10.8. The molecule has 1 saturated heterocycles. The number of aliphatic hydroxyl groups excluding tert-OH is 1. The summed E-state index contributed by atoms with van der Waals surface area (Å²) in [4.78, 5) is 0. The first-order valence-corrected chi connectivity index (χ1v) is 4.95. The first-order chi connectivity index (χ1) is 7.20. The molecule has 15 heavy (non-hydrogen) atoms. The van der Waals surface area contributed by atoms with Crippen molar-refractivity contribution in [3.05, 3.63) is 23.8 Å². The van der Waals surface area contributed by atoms with Crippen LogP contribution >= 0.6 is 0 Å². The van der Waals surface area contributed by atoms with Crippen molar-refractivity contribution in [3.8, 4) is 11.5 Å². The van der Waals surface area contributed by atoms with E-state index in [0.717, 1.165) is 5.56 Å². The van der Waals surface area contributed by atoms with E-state index in [2.05, 4.69) is 0 Å². The summed E-state index contributed by atoms with van der Waals surface area (Å²) in [6.07, 6.45) is 0.567. The third-order valence-corrected chi connectivity index (χ3v) is 2.74. The van der Waals surface area contributed by atoms with Crippen molar-refractivity contribution < 1.29 is 20.1 Å². The Kier molecular flexibility index (Phi) is 2.79. The quantitative estimate of drug-likeness (QED) is 0.680. The zero-order valence-corrected chi connectivity index (χ0v) is 8.26. The molecule has 1 aliphatic rings. The van der Waals surface area contributed by atoms with Crippen molar-refractivity contribution in [2.75, 3.05) is 13.2 Å². The molecule has 1 aromatic carbocycles. The van der Waals surface area contributed by atoms with Crippen molar-refractivity contribution in [1.82, 2.24) is 0 Å². The molecule has 1 fully saturated rings. The minimum Gasteiger partial charge on any atom is -0.508 e. The lowest BCUT2D eigenvalue weighted by molar-refractivity contribution is 0.0584. The van der Waals surface area contributed by atoms with E-state index in [-0.39, 0.29) is 30.1 Å². The summed E-state index contributed by atoms with van der Waals surface area (Å²) in [5.41, 5.74) is 0.767. The second-order valence-electron chi connectivity index (χ2n) is 3.81. The van der Waals surface area contributed by atoms with Crippen LogP contribution in [0.3, 0.4) is 0 Å². The highest BCUT2D eigenvalue weighted by atomic mass is 16.5. The first-order valence-electron chi connectivity index (χ1n) is 4.95. The number of phenols is 2. The summed E-state index contributed by atoms with van der Waals surface area (Å²) in [6, 6.07) is 4.56. The largest absolute Gasteiger partial charge is 0.508 e. The molecule has 82 valence electrons. The predicted molar refractivity (Wildman–Crippen MR) is 54.0 cm³/mol. The molecule has 4 heteroatoms. The Morgan fingerprint density at radius 2 is 2.13 bits per heavy atom. The molecule has 2 rings (SSSR count). The molecule has 0 amide bonds. The van der Waals surface area contributed by atoms with Crippen molar-refractivity contribution in [1.29, 1.82) is 0 Å². The maximum absolute atomic E-state index is 9.63. The third kappa shape index (κ3) is 2.06. The van der Waals surface area contributed by atoms with Crippen LogP contribution in [0.2, 0.25) is 0 Å². The standard InChI is InChI=1S/C11H14O4/c12-5-9-3-7(6-15-9)10-2-1-8(13)4-11(10)14/h1-2,4,7,9,12-14H,3,5-6H2/t7-,9-/m0/s1. The van der Waals surface area contributed by atoms with Crippen molar-refractivity contribution in [2.45, 2.75) is 18.4 Å². The number of aliphatic hydroxyl groups is 1. The lowest BCUT2D eigenvalue weighted by Crippen LogP contribution is -2.09. The second kappa shape index (κ2) is 4.08. The summed E-state index contributed by atoms with van der Waals surface area (Å²) >= 11 is 0. The van der Waals surface area contributed by atoms with Crippen LogP contribution in [0.1, 0.15) is 17.9 Å². The van der Waals surface area contributed by atoms with Gasteiger partial charge in [-0.15, -0.1) is 0 Å². The third-order valence-electron chi connectivity index (χ3n) is 2.74. The monoisotopic (exact) mass is 210 g/mol. The van der Waals surface area contributed by atoms with Gasteiger partial charge in [0.05, 0.1) is 19.3 Å². The molecule has 0 spiro atoms.